The summed E-state index contributed by atoms with van der Waals surface area (Å²) < 4.78 is 0. The summed E-state index contributed by atoms with van der Waals surface area (Å²) in [4.78, 5) is 0. The minimum Gasteiger partial charge on any atom is -0.394 e. The van der Waals surface area contributed by atoms with E-state index in [-0.39, 0.29) is 6.54 Å². The van der Waals surface area contributed by atoms with Crippen molar-refractivity contribution in [3.05, 3.63) is 0 Å². The molecule has 0 amide bonds. The van der Waals surface area contributed by atoms with Crippen LogP contribution in [0.1, 0.15) is 0 Å². The molecule has 0 aliphatic carbocycles. The van der Waals surface area contributed by atoms with Crippen LogP contribution < -0.4 is 5.73 Å². The summed E-state index contributed by atoms with van der Waals surface area (Å²) in [7, 11) is 0. The van der Waals surface area contributed by atoms with Crippen LogP contribution in [0.25, 0.3) is 0 Å². The third-order valence-electron chi connectivity index (χ3n) is 1.62. The standard InChI is InChI=1S/C6H15NO5/c7-1-3(9)5(11)6(12)4(10)2-8/h3-6,8-12H,1-2,7H2/p+1/t3-,4-,5+,6-/m1/s1. The third-order valence-corrected chi connectivity index (χ3v) is 1.62. The van der Waals surface area contributed by atoms with E-state index in [2.05, 4.69) is 5.73 Å². The second-order valence-corrected chi connectivity index (χ2v) is 2.59. The van der Waals surface area contributed by atoms with Gasteiger partial charge >= 0.3 is 0 Å². The molecule has 0 rings (SSSR count). The Balaban J connectivity index is 3.99. The van der Waals surface area contributed by atoms with E-state index in [1.54, 1.807) is 0 Å². The van der Waals surface area contributed by atoms with Gasteiger partial charge in [0, 0.05) is 0 Å². The zero-order chi connectivity index (χ0) is 9.72. The molecule has 6 heteroatoms. The van der Waals surface area contributed by atoms with Crippen LogP contribution in [-0.2, 0) is 0 Å². The third kappa shape index (κ3) is 3.02. The first-order valence-corrected chi connectivity index (χ1v) is 3.67. The highest BCUT2D eigenvalue weighted by Crippen LogP contribution is 2.03. The number of quaternary nitrogens is 1. The average molecular weight is 182 g/mol. The Morgan fingerprint density at radius 1 is 0.917 bits per heavy atom. The lowest BCUT2D eigenvalue weighted by Gasteiger charge is -2.23. The predicted octanol–water partition coefficient (Wildman–Crippen LogP) is -4.34. The Morgan fingerprint density at radius 2 is 1.33 bits per heavy atom. The molecule has 0 heterocycles. The molecular formula is C6H16NO5+. The Kier molecular flexibility index (Phi) is 5.31. The van der Waals surface area contributed by atoms with E-state index < -0.39 is 31.0 Å². The summed E-state index contributed by atoms with van der Waals surface area (Å²) >= 11 is 0. The second kappa shape index (κ2) is 5.41. The highest BCUT2D eigenvalue weighted by Gasteiger charge is 2.29. The van der Waals surface area contributed by atoms with Crippen molar-refractivity contribution in [3.8, 4) is 0 Å². The zero-order valence-electron chi connectivity index (χ0n) is 6.67. The van der Waals surface area contributed by atoms with Gasteiger partial charge in [0.05, 0.1) is 6.61 Å². The van der Waals surface area contributed by atoms with Gasteiger partial charge < -0.3 is 31.3 Å². The maximum Gasteiger partial charge on any atom is 0.131 e. The Hall–Kier alpha value is -0.240. The van der Waals surface area contributed by atoms with Crippen molar-refractivity contribution in [1.29, 1.82) is 0 Å². The van der Waals surface area contributed by atoms with Crippen molar-refractivity contribution < 1.29 is 31.3 Å². The van der Waals surface area contributed by atoms with E-state index in [4.69, 9.17) is 25.5 Å². The average Bonchev–Trinajstić information content (AvgIpc) is 2.12. The molecule has 0 aromatic heterocycles. The van der Waals surface area contributed by atoms with Crippen LogP contribution in [-0.4, -0.2) is 63.1 Å². The molecule has 4 atom stereocenters. The fourth-order valence-electron chi connectivity index (χ4n) is 0.734. The van der Waals surface area contributed by atoms with Crippen LogP contribution in [0, 0.1) is 0 Å². The van der Waals surface area contributed by atoms with E-state index in [0.717, 1.165) is 0 Å². The molecule has 74 valence electrons. The van der Waals surface area contributed by atoms with Crippen molar-refractivity contribution in [2.75, 3.05) is 13.2 Å². The summed E-state index contributed by atoms with van der Waals surface area (Å²) in [5.74, 6) is 0. The van der Waals surface area contributed by atoms with Crippen LogP contribution in [0.15, 0.2) is 0 Å². The molecule has 12 heavy (non-hydrogen) atoms. The summed E-state index contributed by atoms with van der Waals surface area (Å²) in [6, 6.07) is 0. The van der Waals surface area contributed by atoms with E-state index in [1.807, 2.05) is 0 Å². The van der Waals surface area contributed by atoms with Crippen molar-refractivity contribution in [1.82, 2.24) is 0 Å². The maximum atomic E-state index is 9.08. The molecule has 0 aliphatic heterocycles. The molecule has 0 saturated heterocycles. The fraction of sp³-hybridized carbons (Fsp3) is 1.00. The van der Waals surface area contributed by atoms with Crippen LogP contribution in [0.2, 0.25) is 0 Å². The van der Waals surface area contributed by atoms with Crippen LogP contribution in [0.3, 0.4) is 0 Å². The van der Waals surface area contributed by atoms with Gasteiger partial charge in [0.25, 0.3) is 0 Å². The molecule has 0 aliphatic rings. The van der Waals surface area contributed by atoms with E-state index in [1.165, 1.54) is 0 Å². The monoisotopic (exact) mass is 182 g/mol. The van der Waals surface area contributed by atoms with Gasteiger partial charge in [0.2, 0.25) is 0 Å². The first-order valence-electron chi connectivity index (χ1n) is 3.67. The van der Waals surface area contributed by atoms with Gasteiger partial charge in [-0.2, -0.15) is 0 Å². The SMILES string of the molecule is [NH3+]C[C@@H](O)[C@H](O)[C@H](O)[C@H](O)CO. The molecule has 0 saturated carbocycles. The highest BCUT2D eigenvalue weighted by molar-refractivity contribution is 4.79. The largest absolute Gasteiger partial charge is 0.394 e. The Morgan fingerprint density at radius 3 is 1.67 bits per heavy atom. The smallest absolute Gasteiger partial charge is 0.131 e. The Bertz CT molecular complexity index is 109. The lowest BCUT2D eigenvalue weighted by Crippen LogP contribution is -2.61. The number of hydrogen-bond donors (Lipinski definition) is 6. The molecule has 0 aromatic rings. The van der Waals surface area contributed by atoms with Gasteiger partial charge in [-0.05, 0) is 0 Å². The molecule has 0 bridgehead atoms. The summed E-state index contributed by atoms with van der Waals surface area (Å²) in [6.45, 7) is -0.640. The van der Waals surface area contributed by atoms with Gasteiger partial charge in [-0.3, -0.25) is 0 Å². The predicted molar refractivity (Wildman–Crippen MR) is 38.9 cm³/mol. The summed E-state index contributed by atoms with van der Waals surface area (Å²) in [6.07, 6.45) is -5.67. The number of rotatable bonds is 5. The van der Waals surface area contributed by atoms with Crippen LogP contribution in [0.5, 0.6) is 0 Å². The quantitative estimate of drug-likeness (QED) is 0.256. The molecule has 0 radical (unpaired) electrons. The zero-order valence-corrected chi connectivity index (χ0v) is 6.67. The van der Waals surface area contributed by atoms with Crippen molar-refractivity contribution in [2.24, 2.45) is 0 Å². The van der Waals surface area contributed by atoms with Gasteiger partial charge in [-0.25, -0.2) is 0 Å². The molecular weight excluding hydrogens is 166 g/mol. The van der Waals surface area contributed by atoms with Gasteiger partial charge in [0.15, 0.2) is 0 Å². The van der Waals surface area contributed by atoms with Crippen molar-refractivity contribution in [3.63, 3.8) is 0 Å². The topological polar surface area (TPSA) is 129 Å². The van der Waals surface area contributed by atoms with E-state index >= 15 is 0 Å². The maximum absolute atomic E-state index is 9.08. The number of aliphatic hydroxyl groups excluding tert-OH is 5. The molecule has 0 aromatic carbocycles. The lowest BCUT2D eigenvalue weighted by molar-refractivity contribution is -0.390. The summed E-state index contributed by atoms with van der Waals surface area (Å²) in [5.41, 5.74) is 3.31. The molecule has 0 spiro atoms. The fourth-order valence-corrected chi connectivity index (χ4v) is 0.734. The van der Waals surface area contributed by atoms with Crippen LogP contribution >= 0.6 is 0 Å². The lowest BCUT2D eigenvalue weighted by atomic mass is 10.0. The Labute approximate surface area is 69.9 Å². The second-order valence-electron chi connectivity index (χ2n) is 2.59. The van der Waals surface area contributed by atoms with Gasteiger partial charge in [-0.1, -0.05) is 0 Å². The first-order chi connectivity index (χ1) is 5.54. The van der Waals surface area contributed by atoms with Crippen LogP contribution in [0.4, 0.5) is 0 Å². The minimum absolute atomic E-state index is 0.0242. The number of hydrogen-bond acceptors (Lipinski definition) is 5. The minimum atomic E-state index is -1.55. The first kappa shape index (κ1) is 11.8. The molecule has 0 unspecified atom stereocenters. The molecule has 8 N–H and O–H groups in total. The summed E-state index contributed by atoms with van der Waals surface area (Å²) in [5, 5.41) is 44.3. The van der Waals surface area contributed by atoms with E-state index in [9.17, 15) is 0 Å². The van der Waals surface area contributed by atoms with E-state index in [0.29, 0.717) is 0 Å². The normalized spacial score (nSPS) is 21.5. The van der Waals surface area contributed by atoms with Crippen molar-refractivity contribution in [2.45, 2.75) is 24.4 Å². The van der Waals surface area contributed by atoms with Gasteiger partial charge in [-0.15, -0.1) is 0 Å². The van der Waals surface area contributed by atoms with Crippen molar-refractivity contribution >= 4 is 0 Å². The molecule has 0 fully saturated rings. The highest BCUT2D eigenvalue weighted by atomic mass is 16.4. The van der Waals surface area contributed by atoms with Gasteiger partial charge in [0.1, 0.15) is 31.0 Å². The number of aliphatic hydroxyl groups is 5. The molecule has 6 nitrogen and oxygen atoms in total.